The van der Waals surface area contributed by atoms with Gasteiger partial charge >= 0.3 is 0 Å². The monoisotopic (exact) mass is 324 g/mol. The minimum absolute atomic E-state index is 0.189. The van der Waals surface area contributed by atoms with E-state index >= 15 is 0 Å². The van der Waals surface area contributed by atoms with E-state index in [0.29, 0.717) is 0 Å². The number of nitrogens with one attached hydrogen (secondary N) is 1. The van der Waals surface area contributed by atoms with Crippen molar-refractivity contribution in [2.75, 3.05) is 0 Å². The Kier molecular flexibility index (Phi) is 3.89. The van der Waals surface area contributed by atoms with Crippen LogP contribution in [0.3, 0.4) is 0 Å². The van der Waals surface area contributed by atoms with E-state index in [2.05, 4.69) is 9.97 Å². The van der Waals surface area contributed by atoms with Crippen LogP contribution in [0.15, 0.2) is 54.9 Å². The highest BCUT2D eigenvalue weighted by Crippen LogP contribution is 2.44. The third-order valence-electron chi connectivity index (χ3n) is 4.98. The summed E-state index contributed by atoms with van der Waals surface area (Å²) >= 11 is 0. The van der Waals surface area contributed by atoms with Crippen molar-refractivity contribution in [3.8, 4) is 0 Å². The second-order valence-electron chi connectivity index (χ2n) is 6.39. The summed E-state index contributed by atoms with van der Waals surface area (Å²) in [5.74, 6) is 0.981. The van der Waals surface area contributed by atoms with Crippen molar-refractivity contribution in [1.29, 1.82) is 0 Å². The smallest absolute Gasteiger partial charge is 0.123 e. The predicted octanol–water partition coefficient (Wildman–Crippen LogP) is 4.74. The van der Waals surface area contributed by atoms with Crippen LogP contribution in [0.2, 0.25) is 0 Å². The number of rotatable bonds is 3. The number of aromatic nitrogens is 2. The Morgan fingerprint density at radius 3 is 2.58 bits per heavy atom. The zero-order chi connectivity index (χ0) is 16.5. The lowest BCUT2D eigenvalue weighted by Crippen LogP contribution is -2.22. The van der Waals surface area contributed by atoms with Crippen LogP contribution in [0, 0.1) is 11.6 Å². The van der Waals surface area contributed by atoms with E-state index < -0.39 is 0 Å². The number of hydrogen-bond donors (Lipinski definition) is 1. The van der Waals surface area contributed by atoms with Gasteiger partial charge in [-0.15, -0.1) is 0 Å². The Labute approximate surface area is 139 Å². The molecule has 0 aliphatic heterocycles. The number of aromatic amines is 1. The first-order chi connectivity index (χ1) is 11.7. The lowest BCUT2D eigenvalue weighted by atomic mass is 9.70. The number of imidazole rings is 1. The molecule has 0 fully saturated rings. The van der Waals surface area contributed by atoms with Crippen molar-refractivity contribution in [2.24, 2.45) is 0 Å². The van der Waals surface area contributed by atoms with Crippen molar-refractivity contribution >= 4 is 0 Å². The maximum atomic E-state index is 13.6. The minimum atomic E-state index is -0.223. The summed E-state index contributed by atoms with van der Waals surface area (Å²) < 4.78 is 26.9. The molecule has 0 radical (unpaired) electrons. The highest BCUT2D eigenvalue weighted by molar-refractivity contribution is 5.39. The van der Waals surface area contributed by atoms with Gasteiger partial charge in [-0.3, -0.25) is 0 Å². The molecule has 4 heteroatoms. The second kappa shape index (κ2) is 6.19. The summed E-state index contributed by atoms with van der Waals surface area (Å²) in [5.41, 5.74) is 3.38. The molecule has 1 heterocycles. The molecule has 2 aromatic carbocycles. The molecule has 0 saturated heterocycles. The molecule has 2 atom stereocenters. The minimum Gasteiger partial charge on any atom is -0.349 e. The molecule has 0 unspecified atom stereocenters. The topological polar surface area (TPSA) is 28.7 Å². The van der Waals surface area contributed by atoms with Crippen LogP contribution in [0.1, 0.15) is 40.8 Å². The molecule has 2 nitrogen and oxygen atoms in total. The standard InChI is InChI=1S/C20H18F2N2/c21-15-4-1-13(2-5-15)17-7-3-14-11-16(22)6-8-18(14)19(17)12-20-23-9-10-24-20/h1-2,4-6,8-11,17,19H,3,7,12H2,(H,23,24)/t17-,19+/m0/s1. The highest BCUT2D eigenvalue weighted by atomic mass is 19.1. The maximum Gasteiger partial charge on any atom is 0.123 e. The SMILES string of the molecule is Fc1ccc([C@@H]2CCc3cc(F)ccc3[C@@H]2Cc2ncc[nH]2)cc1. The van der Waals surface area contributed by atoms with Crippen LogP contribution in [0.25, 0.3) is 0 Å². The molecule has 0 bridgehead atoms. The van der Waals surface area contributed by atoms with Gasteiger partial charge in [0, 0.05) is 18.8 Å². The molecule has 0 spiro atoms. The number of aryl methyl sites for hydroxylation is 1. The van der Waals surface area contributed by atoms with E-state index in [9.17, 15) is 8.78 Å². The summed E-state index contributed by atoms with van der Waals surface area (Å²) in [6.07, 6.45) is 6.08. The summed E-state index contributed by atoms with van der Waals surface area (Å²) in [6.45, 7) is 0. The third-order valence-corrected chi connectivity index (χ3v) is 4.98. The maximum absolute atomic E-state index is 13.6. The van der Waals surface area contributed by atoms with Gasteiger partial charge in [-0.05, 0) is 65.6 Å². The first kappa shape index (κ1) is 15.1. The van der Waals surface area contributed by atoms with Gasteiger partial charge in [-0.1, -0.05) is 18.2 Å². The summed E-state index contributed by atoms with van der Waals surface area (Å²) in [4.78, 5) is 7.52. The molecule has 24 heavy (non-hydrogen) atoms. The van der Waals surface area contributed by atoms with E-state index in [-0.39, 0.29) is 23.5 Å². The van der Waals surface area contributed by atoms with Gasteiger partial charge in [0.05, 0.1) is 0 Å². The normalized spacial score (nSPS) is 19.9. The molecule has 1 N–H and O–H groups in total. The number of H-pyrrole nitrogens is 1. The second-order valence-corrected chi connectivity index (χ2v) is 6.39. The van der Waals surface area contributed by atoms with Crippen LogP contribution in [0.5, 0.6) is 0 Å². The van der Waals surface area contributed by atoms with Gasteiger partial charge in [0.15, 0.2) is 0 Å². The number of fused-ring (bicyclic) bond motifs is 1. The molecule has 3 aromatic rings. The number of benzene rings is 2. The van der Waals surface area contributed by atoms with Gasteiger partial charge < -0.3 is 4.98 Å². The van der Waals surface area contributed by atoms with Crippen LogP contribution < -0.4 is 0 Å². The largest absolute Gasteiger partial charge is 0.349 e. The molecule has 122 valence electrons. The highest BCUT2D eigenvalue weighted by Gasteiger charge is 2.31. The lowest BCUT2D eigenvalue weighted by Gasteiger charge is -2.34. The van der Waals surface area contributed by atoms with E-state index in [4.69, 9.17) is 0 Å². The fourth-order valence-electron chi connectivity index (χ4n) is 3.86. The first-order valence-electron chi connectivity index (χ1n) is 8.23. The van der Waals surface area contributed by atoms with Crippen LogP contribution in [0.4, 0.5) is 8.78 Å². The summed E-state index contributed by atoms with van der Waals surface area (Å²) in [7, 11) is 0. The van der Waals surface area contributed by atoms with E-state index in [1.165, 1.54) is 23.8 Å². The Bertz CT molecular complexity index is 825. The average molecular weight is 324 g/mol. The Morgan fingerprint density at radius 1 is 1.04 bits per heavy atom. The van der Waals surface area contributed by atoms with Crippen molar-refractivity contribution in [3.63, 3.8) is 0 Å². The van der Waals surface area contributed by atoms with Crippen LogP contribution in [-0.2, 0) is 12.8 Å². The number of nitrogens with zero attached hydrogens (tertiary/aromatic N) is 1. The fraction of sp³-hybridized carbons (Fsp3) is 0.250. The van der Waals surface area contributed by atoms with Crippen molar-refractivity contribution in [2.45, 2.75) is 31.1 Å². The van der Waals surface area contributed by atoms with Gasteiger partial charge in [0.2, 0.25) is 0 Å². The van der Waals surface area contributed by atoms with Crippen LogP contribution in [-0.4, -0.2) is 9.97 Å². The molecule has 0 amide bonds. The lowest BCUT2D eigenvalue weighted by molar-refractivity contribution is 0.461. The van der Waals surface area contributed by atoms with Crippen molar-refractivity contribution in [3.05, 3.63) is 89.0 Å². The quantitative estimate of drug-likeness (QED) is 0.740. The molecular weight excluding hydrogens is 306 g/mol. The molecular formula is C20H18F2N2. The van der Waals surface area contributed by atoms with E-state index in [0.717, 1.165) is 36.2 Å². The molecule has 1 aromatic heterocycles. The predicted molar refractivity (Wildman–Crippen MR) is 88.9 cm³/mol. The molecule has 1 aliphatic rings. The summed E-state index contributed by atoms with van der Waals surface area (Å²) in [6, 6.07) is 11.8. The molecule has 1 aliphatic carbocycles. The summed E-state index contributed by atoms with van der Waals surface area (Å²) in [5, 5.41) is 0. The molecule has 0 saturated carbocycles. The van der Waals surface area contributed by atoms with Gasteiger partial charge in [-0.2, -0.15) is 0 Å². The van der Waals surface area contributed by atoms with E-state index in [1.807, 2.05) is 24.4 Å². The fourth-order valence-corrected chi connectivity index (χ4v) is 3.86. The average Bonchev–Trinajstić information content (AvgIpc) is 3.09. The van der Waals surface area contributed by atoms with Gasteiger partial charge in [0.1, 0.15) is 17.5 Å². The first-order valence-corrected chi connectivity index (χ1v) is 8.23. The van der Waals surface area contributed by atoms with Gasteiger partial charge in [0.25, 0.3) is 0 Å². The zero-order valence-corrected chi connectivity index (χ0v) is 13.2. The number of halogens is 2. The Hall–Kier alpha value is -2.49. The van der Waals surface area contributed by atoms with E-state index in [1.54, 1.807) is 12.3 Å². The van der Waals surface area contributed by atoms with Crippen LogP contribution >= 0.6 is 0 Å². The zero-order valence-electron chi connectivity index (χ0n) is 13.2. The van der Waals surface area contributed by atoms with Crippen molar-refractivity contribution < 1.29 is 8.78 Å². The number of hydrogen-bond acceptors (Lipinski definition) is 1. The molecule has 4 rings (SSSR count). The Balaban J connectivity index is 1.75. The van der Waals surface area contributed by atoms with Gasteiger partial charge in [-0.25, -0.2) is 13.8 Å². The third kappa shape index (κ3) is 2.84. The van der Waals surface area contributed by atoms with Crippen molar-refractivity contribution in [1.82, 2.24) is 9.97 Å². The Morgan fingerprint density at radius 2 is 1.83 bits per heavy atom.